The van der Waals surface area contributed by atoms with Crippen molar-refractivity contribution in [3.63, 3.8) is 0 Å². The summed E-state index contributed by atoms with van der Waals surface area (Å²) < 4.78 is 6.95. The Labute approximate surface area is 157 Å². The number of aromatic amines is 1. The maximum atomic E-state index is 12.2. The van der Waals surface area contributed by atoms with Crippen molar-refractivity contribution in [3.05, 3.63) is 85.5 Å². The van der Waals surface area contributed by atoms with E-state index in [0.717, 1.165) is 4.90 Å². The quantitative estimate of drug-likeness (QED) is 0.663. The summed E-state index contributed by atoms with van der Waals surface area (Å²) in [6.07, 6.45) is 0. The Balaban J connectivity index is 1.88. The van der Waals surface area contributed by atoms with E-state index in [1.54, 1.807) is 42.5 Å². The van der Waals surface area contributed by atoms with E-state index >= 15 is 0 Å². The topological polar surface area (TPSA) is 64.1 Å². The molecule has 1 heterocycles. The lowest BCUT2D eigenvalue weighted by molar-refractivity contribution is 0.219. The van der Waals surface area contributed by atoms with Gasteiger partial charge in [0.05, 0.1) is 5.03 Å². The Morgan fingerprint density at radius 3 is 2.48 bits per heavy atom. The molecule has 0 fully saturated rings. The average Bonchev–Trinajstić information content (AvgIpc) is 2.55. The van der Waals surface area contributed by atoms with Crippen LogP contribution in [-0.2, 0) is 6.73 Å². The van der Waals surface area contributed by atoms with Crippen LogP contribution in [-0.4, -0.2) is 9.55 Å². The first kappa shape index (κ1) is 17.7. The van der Waals surface area contributed by atoms with Crippen molar-refractivity contribution in [1.29, 1.82) is 0 Å². The molecule has 0 aliphatic rings. The molecule has 1 N–H and O–H groups in total. The van der Waals surface area contributed by atoms with Gasteiger partial charge in [-0.15, -0.1) is 0 Å². The Morgan fingerprint density at radius 2 is 1.76 bits per heavy atom. The lowest BCUT2D eigenvalue weighted by atomic mass is 10.3. The molecular formula is C17H12Cl2N2O3S. The first-order chi connectivity index (χ1) is 12.0. The van der Waals surface area contributed by atoms with Crippen molar-refractivity contribution in [1.82, 2.24) is 9.55 Å². The van der Waals surface area contributed by atoms with Crippen LogP contribution in [0.4, 0.5) is 0 Å². The summed E-state index contributed by atoms with van der Waals surface area (Å²) in [7, 11) is 0. The molecule has 8 heteroatoms. The zero-order valence-corrected chi connectivity index (χ0v) is 15.1. The van der Waals surface area contributed by atoms with Gasteiger partial charge in [-0.2, -0.15) is 0 Å². The number of hydrogen-bond donors (Lipinski definition) is 1. The predicted octanol–water partition coefficient (Wildman–Crippen LogP) is 4.03. The van der Waals surface area contributed by atoms with Crippen LogP contribution in [0.1, 0.15) is 0 Å². The number of benzene rings is 2. The van der Waals surface area contributed by atoms with Crippen molar-refractivity contribution in [2.75, 3.05) is 0 Å². The maximum absolute atomic E-state index is 12.2. The number of nitrogens with one attached hydrogen (secondary N) is 1. The molecule has 5 nitrogen and oxygen atoms in total. The molecule has 0 spiro atoms. The largest absolute Gasteiger partial charge is 0.473 e. The van der Waals surface area contributed by atoms with Crippen LogP contribution < -0.4 is 16.0 Å². The van der Waals surface area contributed by atoms with Gasteiger partial charge in [-0.05, 0) is 42.5 Å². The van der Waals surface area contributed by atoms with Crippen LogP contribution >= 0.6 is 35.0 Å². The van der Waals surface area contributed by atoms with E-state index in [0.29, 0.717) is 20.8 Å². The second-order valence-corrected chi connectivity index (χ2v) is 6.96. The highest BCUT2D eigenvalue weighted by Gasteiger charge is 2.09. The van der Waals surface area contributed by atoms with Crippen molar-refractivity contribution in [2.45, 2.75) is 16.7 Å². The van der Waals surface area contributed by atoms with E-state index < -0.39 is 11.2 Å². The minimum atomic E-state index is -0.550. The van der Waals surface area contributed by atoms with Gasteiger partial charge in [-0.3, -0.25) is 14.3 Å². The molecule has 0 unspecified atom stereocenters. The molecule has 3 rings (SSSR count). The van der Waals surface area contributed by atoms with Crippen molar-refractivity contribution in [3.8, 4) is 5.75 Å². The van der Waals surface area contributed by atoms with Gasteiger partial charge in [-0.1, -0.05) is 41.0 Å². The van der Waals surface area contributed by atoms with Gasteiger partial charge < -0.3 is 4.74 Å². The molecule has 0 atom stereocenters. The van der Waals surface area contributed by atoms with Crippen LogP contribution in [0.15, 0.2) is 74.1 Å². The molecule has 3 aromatic rings. The highest BCUT2D eigenvalue weighted by molar-refractivity contribution is 7.99. The fraction of sp³-hybridized carbons (Fsp3) is 0.0588. The predicted molar refractivity (Wildman–Crippen MR) is 99.0 cm³/mol. The van der Waals surface area contributed by atoms with Crippen molar-refractivity contribution in [2.24, 2.45) is 0 Å². The molecule has 0 saturated carbocycles. The van der Waals surface area contributed by atoms with E-state index in [4.69, 9.17) is 27.9 Å². The third-order valence-corrected chi connectivity index (χ3v) is 4.71. The lowest BCUT2D eigenvalue weighted by Crippen LogP contribution is -2.32. The summed E-state index contributed by atoms with van der Waals surface area (Å²) in [4.78, 5) is 26.9. The Hall–Kier alpha value is -2.15. The van der Waals surface area contributed by atoms with Crippen molar-refractivity contribution < 1.29 is 4.74 Å². The van der Waals surface area contributed by atoms with Crippen LogP contribution in [0.5, 0.6) is 5.75 Å². The standard InChI is InChI=1S/C17H12Cl2N2O3S/c18-11-4-6-13(7-5-11)24-10-21-16(9-15(22)20-17(21)23)25-14-3-1-2-12(19)8-14/h1-9H,10H2,(H,20,22,23). The smallest absolute Gasteiger partial charge is 0.331 e. The van der Waals surface area contributed by atoms with Crippen LogP contribution in [0.25, 0.3) is 0 Å². The van der Waals surface area contributed by atoms with E-state index in [9.17, 15) is 9.59 Å². The first-order valence-corrected chi connectivity index (χ1v) is 8.74. The molecule has 2 aromatic carbocycles. The zero-order valence-electron chi connectivity index (χ0n) is 12.7. The van der Waals surface area contributed by atoms with E-state index in [2.05, 4.69) is 4.98 Å². The van der Waals surface area contributed by atoms with Gasteiger partial charge in [-0.25, -0.2) is 4.79 Å². The van der Waals surface area contributed by atoms with Crippen LogP contribution in [0.2, 0.25) is 10.0 Å². The maximum Gasteiger partial charge on any atom is 0.331 e. The van der Waals surface area contributed by atoms with Gasteiger partial charge in [0.1, 0.15) is 5.75 Å². The summed E-state index contributed by atoms with van der Waals surface area (Å²) in [6, 6.07) is 15.3. The second-order valence-electron chi connectivity index (χ2n) is 4.99. The number of ether oxygens (including phenoxy) is 1. The molecule has 1 aromatic heterocycles. The third kappa shape index (κ3) is 4.69. The van der Waals surface area contributed by atoms with Crippen LogP contribution in [0, 0.1) is 0 Å². The van der Waals surface area contributed by atoms with Crippen molar-refractivity contribution >= 4 is 35.0 Å². The highest BCUT2D eigenvalue weighted by atomic mass is 35.5. The second kappa shape index (κ2) is 7.82. The molecule has 0 saturated heterocycles. The zero-order chi connectivity index (χ0) is 17.8. The first-order valence-electron chi connectivity index (χ1n) is 7.17. The number of rotatable bonds is 5. The summed E-state index contributed by atoms with van der Waals surface area (Å²) in [5.41, 5.74) is -1.02. The van der Waals surface area contributed by atoms with Crippen LogP contribution in [0.3, 0.4) is 0 Å². The number of aromatic nitrogens is 2. The summed E-state index contributed by atoms with van der Waals surface area (Å²) in [6.45, 7) is -0.0554. The average molecular weight is 395 g/mol. The lowest BCUT2D eigenvalue weighted by Gasteiger charge is -2.13. The molecule has 128 valence electrons. The molecule has 0 radical (unpaired) electrons. The normalized spacial score (nSPS) is 10.6. The fourth-order valence-electron chi connectivity index (χ4n) is 2.03. The van der Waals surface area contributed by atoms with E-state index in [-0.39, 0.29) is 6.73 Å². The number of hydrogen-bond acceptors (Lipinski definition) is 4. The number of nitrogens with zero attached hydrogens (tertiary/aromatic N) is 1. The summed E-state index contributed by atoms with van der Waals surface area (Å²) >= 11 is 13.1. The van der Waals surface area contributed by atoms with E-state index in [1.807, 2.05) is 6.07 Å². The SMILES string of the molecule is O=c1cc(Sc2cccc(Cl)c2)n(COc2ccc(Cl)cc2)c(=O)[nH]1. The molecular weight excluding hydrogens is 383 g/mol. The van der Waals surface area contributed by atoms with Gasteiger partial charge in [0, 0.05) is 21.0 Å². The van der Waals surface area contributed by atoms with E-state index in [1.165, 1.54) is 22.4 Å². The highest BCUT2D eigenvalue weighted by Crippen LogP contribution is 2.28. The van der Waals surface area contributed by atoms with Gasteiger partial charge in [0.2, 0.25) is 0 Å². The minimum absolute atomic E-state index is 0.0554. The monoisotopic (exact) mass is 394 g/mol. The third-order valence-electron chi connectivity index (χ3n) is 3.19. The van der Waals surface area contributed by atoms with Gasteiger partial charge in [0.25, 0.3) is 5.56 Å². The number of H-pyrrole nitrogens is 1. The molecule has 0 bridgehead atoms. The Bertz CT molecular complexity index is 1000. The Morgan fingerprint density at radius 1 is 1.00 bits per heavy atom. The Kier molecular flexibility index (Phi) is 5.53. The summed E-state index contributed by atoms with van der Waals surface area (Å²) in [5.74, 6) is 0.557. The number of halogens is 2. The molecule has 0 amide bonds. The molecule has 0 aliphatic heterocycles. The van der Waals surface area contributed by atoms with Gasteiger partial charge >= 0.3 is 5.69 Å². The molecule has 25 heavy (non-hydrogen) atoms. The molecule has 0 aliphatic carbocycles. The fourth-order valence-corrected chi connectivity index (χ4v) is 3.39. The minimum Gasteiger partial charge on any atom is -0.473 e. The van der Waals surface area contributed by atoms with Gasteiger partial charge in [0.15, 0.2) is 6.73 Å². The summed E-state index contributed by atoms with van der Waals surface area (Å²) in [5, 5.41) is 1.61.